The van der Waals surface area contributed by atoms with E-state index in [0.717, 1.165) is 5.56 Å². The molecule has 0 aliphatic rings. The van der Waals surface area contributed by atoms with Crippen LogP contribution in [0.5, 0.6) is 0 Å². The van der Waals surface area contributed by atoms with Crippen LogP contribution in [-0.4, -0.2) is 52.4 Å². The molecule has 9 heteroatoms. The maximum absolute atomic E-state index is 13.1. The SMILES string of the molecule is COC(=O)CCN(CC(=O)Nc1cccc(S(=O)(=O)N(C)c2ccccc2)c1)Cc1ccccc1. The first-order valence-electron chi connectivity index (χ1n) is 11.1. The van der Waals surface area contributed by atoms with Gasteiger partial charge in [-0.15, -0.1) is 0 Å². The minimum atomic E-state index is -3.81. The first kappa shape index (κ1) is 25.9. The molecule has 0 atom stereocenters. The molecule has 0 aliphatic carbocycles. The number of anilines is 2. The Morgan fingerprint density at radius 2 is 1.57 bits per heavy atom. The van der Waals surface area contributed by atoms with E-state index in [1.807, 2.05) is 41.3 Å². The summed E-state index contributed by atoms with van der Waals surface area (Å²) in [5.41, 5.74) is 1.90. The van der Waals surface area contributed by atoms with Crippen LogP contribution in [0.15, 0.2) is 89.8 Å². The van der Waals surface area contributed by atoms with Crippen molar-refractivity contribution in [2.75, 3.05) is 36.9 Å². The van der Waals surface area contributed by atoms with Gasteiger partial charge in [-0.25, -0.2) is 8.42 Å². The number of hydrogen-bond acceptors (Lipinski definition) is 6. The van der Waals surface area contributed by atoms with Crippen molar-refractivity contribution < 1.29 is 22.7 Å². The number of methoxy groups -OCH3 is 1. The van der Waals surface area contributed by atoms with Crippen molar-refractivity contribution in [3.8, 4) is 0 Å². The number of nitrogens with zero attached hydrogens (tertiary/aromatic N) is 2. The van der Waals surface area contributed by atoms with Crippen molar-refractivity contribution >= 4 is 33.3 Å². The second-order valence-corrected chi connectivity index (χ2v) is 9.88. The van der Waals surface area contributed by atoms with Crippen molar-refractivity contribution in [2.45, 2.75) is 17.9 Å². The van der Waals surface area contributed by atoms with Gasteiger partial charge in [-0.05, 0) is 35.9 Å². The number of benzene rings is 3. The first-order valence-corrected chi connectivity index (χ1v) is 12.5. The molecule has 0 aliphatic heterocycles. The Balaban J connectivity index is 1.71. The van der Waals surface area contributed by atoms with Crippen LogP contribution in [0.2, 0.25) is 0 Å². The Morgan fingerprint density at radius 3 is 2.23 bits per heavy atom. The molecular formula is C26H29N3O5S. The molecule has 0 saturated heterocycles. The molecule has 0 spiro atoms. The number of hydrogen-bond donors (Lipinski definition) is 1. The molecule has 8 nitrogen and oxygen atoms in total. The maximum atomic E-state index is 13.1. The molecule has 1 amide bonds. The first-order chi connectivity index (χ1) is 16.8. The quantitative estimate of drug-likeness (QED) is 0.409. The van der Waals surface area contributed by atoms with Gasteiger partial charge in [0, 0.05) is 25.8 Å². The van der Waals surface area contributed by atoms with Crippen molar-refractivity contribution in [2.24, 2.45) is 0 Å². The summed E-state index contributed by atoms with van der Waals surface area (Å²) in [4.78, 5) is 26.3. The van der Waals surface area contributed by atoms with E-state index in [1.165, 1.54) is 30.6 Å². The van der Waals surface area contributed by atoms with Gasteiger partial charge in [0.1, 0.15) is 0 Å². The summed E-state index contributed by atoms with van der Waals surface area (Å²) in [6.45, 7) is 0.833. The third-order valence-electron chi connectivity index (χ3n) is 5.37. The van der Waals surface area contributed by atoms with Crippen LogP contribution >= 0.6 is 0 Å². The zero-order chi connectivity index (χ0) is 25.3. The Kier molecular flexibility index (Phi) is 8.99. The smallest absolute Gasteiger partial charge is 0.306 e. The highest BCUT2D eigenvalue weighted by Crippen LogP contribution is 2.23. The van der Waals surface area contributed by atoms with Crippen molar-refractivity contribution in [1.82, 2.24) is 4.90 Å². The third kappa shape index (κ3) is 7.40. The average Bonchev–Trinajstić information content (AvgIpc) is 2.87. The van der Waals surface area contributed by atoms with Crippen LogP contribution in [0.25, 0.3) is 0 Å². The van der Waals surface area contributed by atoms with Crippen LogP contribution in [0.1, 0.15) is 12.0 Å². The van der Waals surface area contributed by atoms with E-state index in [9.17, 15) is 18.0 Å². The van der Waals surface area contributed by atoms with Gasteiger partial charge in [0.2, 0.25) is 5.91 Å². The number of amides is 1. The highest BCUT2D eigenvalue weighted by molar-refractivity contribution is 7.92. The zero-order valence-electron chi connectivity index (χ0n) is 19.8. The molecule has 0 bridgehead atoms. The van der Waals surface area contributed by atoms with Gasteiger partial charge in [0.15, 0.2) is 0 Å². The summed E-state index contributed by atoms with van der Waals surface area (Å²) in [5, 5.41) is 2.77. The molecule has 0 fully saturated rings. The number of esters is 1. The zero-order valence-corrected chi connectivity index (χ0v) is 20.6. The van der Waals surface area contributed by atoms with Crippen LogP contribution in [0.4, 0.5) is 11.4 Å². The number of nitrogens with one attached hydrogen (secondary N) is 1. The second-order valence-electron chi connectivity index (χ2n) is 7.91. The summed E-state index contributed by atoms with van der Waals surface area (Å²) in [6, 6.07) is 24.5. The molecule has 0 heterocycles. The summed E-state index contributed by atoms with van der Waals surface area (Å²) in [7, 11) is -1.00. The van der Waals surface area contributed by atoms with Crippen LogP contribution in [-0.2, 0) is 30.9 Å². The molecule has 35 heavy (non-hydrogen) atoms. The normalized spacial score (nSPS) is 11.2. The Labute approximate surface area is 206 Å². The second kappa shape index (κ2) is 12.1. The Bertz CT molecular complexity index is 1230. The largest absolute Gasteiger partial charge is 0.469 e. The lowest BCUT2D eigenvalue weighted by Gasteiger charge is -2.22. The number of carbonyl (C=O) groups excluding carboxylic acids is 2. The van der Waals surface area contributed by atoms with Gasteiger partial charge in [-0.2, -0.15) is 0 Å². The van der Waals surface area contributed by atoms with Gasteiger partial charge in [0.05, 0.1) is 30.7 Å². The lowest BCUT2D eigenvalue weighted by Crippen LogP contribution is -2.34. The van der Waals surface area contributed by atoms with Gasteiger partial charge in [0.25, 0.3) is 10.0 Å². The molecule has 0 aromatic heterocycles. The van der Waals surface area contributed by atoms with Gasteiger partial charge in [-0.1, -0.05) is 54.6 Å². The molecule has 3 aromatic carbocycles. The summed E-state index contributed by atoms with van der Waals surface area (Å²) in [6.07, 6.45) is 0.149. The van der Waals surface area contributed by atoms with E-state index < -0.39 is 10.0 Å². The number of carbonyl (C=O) groups is 2. The molecule has 1 N–H and O–H groups in total. The Hall–Kier alpha value is -3.69. The summed E-state index contributed by atoms with van der Waals surface area (Å²) >= 11 is 0. The predicted molar refractivity (Wildman–Crippen MR) is 135 cm³/mol. The molecule has 0 unspecified atom stereocenters. The highest BCUT2D eigenvalue weighted by atomic mass is 32.2. The van der Waals surface area contributed by atoms with E-state index in [-0.39, 0.29) is 29.7 Å². The van der Waals surface area contributed by atoms with E-state index in [1.54, 1.807) is 36.4 Å². The number of para-hydroxylation sites is 1. The summed E-state index contributed by atoms with van der Waals surface area (Å²) < 4.78 is 32.1. The average molecular weight is 496 g/mol. The fourth-order valence-corrected chi connectivity index (χ4v) is 4.72. The standard InChI is InChI=1S/C26H29N3O5S/c1-28(23-13-7-4-8-14-23)35(32,33)24-15-9-12-22(18-24)27-25(30)20-29(17-16-26(31)34-2)19-21-10-5-3-6-11-21/h3-15,18H,16-17,19-20H2,1-2H3,(H,27,30). The topological polar surface area (TPSA) is 96.0 Å². The fourth-order valence-electron chi connectivity index (χ4n) is 3.48. The number of sulfonamides is 1. The minimum Gasteiger partial charge on any atom is -0.469 e. The van der Waals surface area contributed by atoms with E-state index in [2.05, 4.69) is 5.32 Å². The third-order valence-corrected chi connectivity index (χ3v) is 7.15. The molecule has 3 aromatic rings. The van der Waals surface area contributed by atoms with Crippen molar-refractivity contribution in [3.63, 3.8) is 0 Å². The lowest BCUT2D eigenvalue weighted by molar-refractivity contribution is -0.141. The highest BCUT2D eigenvalue weighted by Gasteiger charge is 2.22. The maximum Gasteiger partial charge on any atom is 0.306 e. The molecule has 184 valence electrons. The summed E-state index contributed by atoms with van der Waals surface area (Å²) in [5.74, 6) is -0.680. The Morgan fingerprint density at radius 1 is 0.914 bits per heavy atom. The number of ether oxygens (including phenoxy) is 1. The molecule has 0 radical (unpaired) electrons. The lowest BCUT2D eigenvalue weighted by atomic mass is 10.2. The van der Waals surface area contributed by atoms with Crippen LogP contribution < -0.4 is 9.62 Å². The fraction of sp³-hybridized carbons (Fsp3) is 0.231. The van der Waals surface area contributed by atoms with Gasteiger partial charge in [-0.3, -0.25) is 18.8 Å². The van der Waals surface area contributed by atoms with Crippen LogP contribution in [0, 0.1) is 0 Å². The molecular weight excluding hydrogens is 466 g/mol. The minimum absolute atomic E-state index is 0.0206. The van der Waals surface area contributed by atoms with E-state index in [4.69, 9.17) is 4.74 Å². The van der Waals surface area contributed by atoms with Gasteiger partial charge >= 0.3 is 5.97 Å². The monoisotopic (exact) mass is 495 g/mol. The number of rotatable bonds is 11. The van der Waals surface area contributed by atoms with Crippen molar-refractivity contribution in [1.29, 1.82) is 0 Å². The van der Waals surface area contributed by atoms with Crippen LogP contribution in [0.3, 0.4) is 0 Å². The van der Waals surface area contributed by atoms with E-state index in [0.29, 0.717) is 24.5 Å². The van der Waals surface area contributed by atoms with E-state index >= 15 is 0 Å². The predicted octanol–water partition coefficient (Wildman–Crippen LogP) is 3.52. The molecule has 3 rings (SSSR count). The molecule has 0 saturated carbocycles. The van der Waals surface area contributed by atoms with Gasteiger partial charge < -0.3 is 10.1 Å². The van der Waals surface area contributed by atoms with Crippen molar-refractivity contribution in [3.05, 3.63) is 90.5 Å².